The van der Waals surface area contributed by atoms with Gasteiger partial charge in [-0.1, -0.05) is 12.1 Å². The average molecular weight is 276 g/mol. The van der Waals surface area contributed by atoms with Crippen molar-refractivity contribution in [2.75, 3.05) is 20.2 Å². The van der Waals surface area contributed by atoms with Crippen molar-refractivity contribution in [2.45, 2.75) is 0 Å². The van der Waals surface area contributed by atoms with E-state index in [0.717, 1.165) is 0 Å². The Morgan fingerprint density at radius 3 is 2.70 bits per heavy atom. The van der Waals surface area contributed by atoms with Gasteiger partial charge in [0, 0.05) is 20.3 Å². The number of hydrogen-bond acceptors (Lipinski definition) is 2. The van der Waals surface area contributed by atoms with Crippen LogP contribution in [-0.4, -0.2) is 35.6 Å². The Morgan fingerprint density at radius 1 is 1.30 bits per heavy atom. The van der Waals surface area contributed by atoms with Gasteiger partial charge in [-0.25, -0.2) is 4.39 Å². The van der Waals surface area contributed by atoms with Gasteiger partial charge in [0.25, 0.3) is 5.91 Å². The summed E-state index contributed by atoms with van der Waals surface area (Å²) in [5.41, 5.74) is 0.610. The van der Waals surface area contributed by atoms with Crippen LogP contribution in [0.25, 0.3) is 0 Å². The molecular weight excluding hydrogens is 259 g/mol. The molecule has 1 heterocycles. The number of amides is 1. The first-order valence-corrected chi connectivity index (χ1v) is 6.33. The van der Waals surface area contributed by atoms with Crippen molar-refractivity contribution in [2.24, 2.45) is 7.05 Å². The van der Waals surface area contributed by atoms with E-state index in [1.165, 1.54) is 6.07 Å². The van der Waals surface area contributed by atoms with E-state index in [4.69, 9.17) is 4.74 Å². The second-order valence-electron chi connectivity index (χ2n) is 4.51. The number of benzene rings is 1. The van der Waals surface area contributed by atoms with E-state index in [1.54, 1.807) is 40.8 Å². The Balaban J connectivity index is 1.87. The standard InChI is InChI=1S/C15H17FN2O2/c1-17-9-5-7-13(17)15(19)18(2)10-11-20-14-8-4-3-6-12(14)16/h3-9H,10-11H2,1-2H3. The molecule has 1 amide bonds. The van der Waals surface area contributed by atoms with Crippen LogP contribution in [0.1, 0.15) is 10.5 Å². The summed E-state index contributed by atoms with van der Waals surface area (Å²) in [6.07, 6.45) is 1.82. The first-order chi connectivity index (χ1) is 9.59. The van der Waals surface area contributed by atoms with Gasteiger partial charge in [0.15, 0.2) is 11.6 Å². The molecule has 20 heavy (non-hydrogen) atoms. The molecule has 4 nitrogen and oxygen atoms in total. The Morgan fingerprint density at radius 2 is 2.05 bits per heavy atom. The van der Waals surface area contributed by atoms with Gasteiger partial charge in [0.05, 0.1) is 6.54 Å². The number of carbonyl (C=O) groups excluding carboxylic acids is 1. The zero-order valence-electron chi connectivity index (χ0n) is 11.5. The van der Waals surface area contributed by atoms with Gasteiger partial charge < -0.3 is 14.2 Å². The SMILES string of the molecule is CN(CCOc1ccccc1F)C(=O)c1cccn1C. The molecule has 1 aromatic carbocycles. The minimum atomic E-state index is -0.399. The van der Waals surface area contributed by atoms with Crippen molar-refractivity contribution < 1.29 is 13.9 Å². The number of aromatic nitrogens is 1. The van der Waals surface area contributed by atoms with Gasteiger partial charge in [0.1, 0.15) is 12.3 Å². The van der Waals surface area contributed by atoms with Gasteiger partial charge >= 0.3 is 0 Å². The molecule has 106 valence electrons. The quantitative estimate of drug-likeness (QED) is 0.840. The fraction of sp³-hybridized carbons (Fsp3) is 0.267. The Bertz CT molecular complexity index is 595. The van der Waals surface area contributed by atoms with Crippen LogP contribution in [0.15, 0.2) is 42.6 Å². The van der Waals surface area contributed by atoms with Crippen molar-refractivity contribution in [1.82, 2.24) is 9.47 Å². The van der Waals surface area contributed by atoms with Gasteiger partial charge in [-0.3, -0.25) is 4.79 Å². The number of para-hydroxylation sites is 1. The molecule has 0 N–H and O–H groups in total. The highest BCUT2D eigenvalue weighted by atomic mass is 19.1. The maximum Gasteiger partial charge on any atom is 0.270 e. The lowest BCUT2D eigenvalue weighted by molar-refractivity contribution is 0.0763. The minimum Gasteiger partial charge on any atom is -0.489 e. The van der Waals surface area contributed by atoms with Crippen LogP contribution in [0, 0.1) is 5.82 Å². The van der Waals surface area contributed by atoms with E-state index in [1.807, 2.05) is 19.3 Å². The molecule has 0 bridgehead atoms. The Hall–Kier alpha value is -2.30. The van der Waals surface area contributed by atoms with Gasteiger partial charge in [0.2, 0.25) is 0 Å². The minimum absolute atomic E-state index is 0.0883. The molecule has 0 saturated carbocycles. The second-order valence-corrected chi connectivity index (χ2v) is 4.51. The molecule has 5 heteroatoms. The Kier molecular flexibility index (Phi) is 4.40. The highest BCUT2D eigenvalue weighted by molar-refractivity contribution is 5.92. The average Bonchev–Trinajstić information content (AvgIpc) is 2.86. The molecule has 2 aromatic rings. The highest BCUT2D eigenvalue weighted by Crippen LogP contribution is 2.15. The number of carbonyl (C=O) groups is 1. The summed E-state index contributed by atoms with van der Waals surface area (Å²) < 4.78 is 20.4. The van der Waals surface area contributed by atoms with E-state index in [2.05, 4.69) is 0 Å². The summed E-state index contributed by atoms with van der Waals surface area (Å²) >= 11 is 0. The Labute approximate surface area is 117 Å². The van der Waals surface area contributed by atoms with Crippen LogP contribution >= 0.6 is 0 Å². The van der Waals surface area contributed by atoms with Crippen molar-refractivity contribution in [3.05, 3.63) is 54.1 Å². The maximum atomic E-state index is 13.3. The zero-order chi connectivity index (χ0) is 14.5. The van der Waals surface area contributed by atoms with Crippen molar-refractivity contribution in [3.63, 3.8) is 0 Å². The van der Waals surface area contributed by atoms with Crippen molar-refractivity contribution in [1.29, 1.82) is 0 Å². The van der Waals surface area contributed by atoms with Gasteiger partial charge in [-0.2, -0.15) is 0 Å². The summed E-state index contributed by atoms with van der Waals surface area (Å²) in [5, 5.41) is 0. The lowest BCUT2D eigenvalue weighted by Crippen LogP contribution is -2.32. The summed E-state index contributed by atoms with van der Waals surface area (Å²) in [7, 11) is 3.51. The van der Waals surface area contributed by atoms with E-state index in [9.17, 15) is 9.18 Å². The third-order valence-corrected chi connectivity index (χ3v) is 3.03. The molecule has 0 spiro atoms. The topological polar surface area (TPSA) is 34.5 Å². The zero-order valence-corrected chi connectivity index (χ0v) is 11.5. The normalized spacial score (nSPS) is 10.3. The number of likely N-dealkylation sites (N-methyl/N-ethyl adjacent to an activating group) is 1. The molecule has 1 aromatic heterocycles. The van der Waals surface area contributed by atoms with Crippen LogP contribution in [-0.2, 0) is 7.05 Å². The summed E-state index contributed by atoms with van der Waals surface area (Å²) in [5.74, 6) is -0.286. The summed E-state index contributed by atoms with van der Waals surface area (Å²) in [4.78, 5) is 13.7. The molecule has 0 aliphatic heterocycles. The first kappa shape index (κ1) is 14.1. The highest BCUT2D eigenvalue weighted by Gasteiger charge is 2.14. The predicted molar refractivity (Wildman–Crippen MR) is 74.3 cm³/mol. The lowest BCUT2D eigenvalue weighted by atomic mass is 10.3. The van der Waals surface area contributed by atoms with E-state index < -0.39 is 5.82 Å². The third-order valence-electron chi connectivity index (χ3n) is 3.03. The fourth-order valence-corrected chi connectivity index (χ4v) is 1.83. The van der Waals surface area contributed by atoms with Crippen LogP contribution in [0.5, 0.6) is 5.75 Å². The molecule has 0 aliphatic carbocycles. The third kappa shape index (κ3) is 3.17. The van der Waals surface area contributed by atoms with E-state index >= 15 is 0 Å². The van der Waals surface area contributed by atoms with Gasteiger partial charge in [-0.05, 0) is 24.3 Å². The number of aryl methyl sites for hydroxylation is 1. The second kappa shape index (κ2) is 6.23. The maximum absolute atomic E-state index is 13.3. The first-order valence-electron chi connectivity index (χ1n) is 6.33. The number of ether oxygens (including phenoxy) is 1. The summed E-state index contributed by atoms with van der Waals surface area (Å²) in [6.45, 7) is 0.631. The van der Waals surface area contributed by atoms with E-state index in [-0.39, 0.29) is 18.3 Å². The molecule has 0 unspecified atom stereocenters. The predicted octanol–water partition coefficient (Wildman–Crippen LogP) is 2.32. The van der Waals surface area contributed by atoms with Crippen LogP contribution in [0.3, 0.4) is 0 Å². The van der Waals surface area contributed by atoms with E-state index in [0.29, 0.717) is 12.2 Å². The van der Waals surface area contributed by atoms with Crippen LogP contribution in [0.2, 0.25) is 0 Å². The van der Waals surface area contributed by atoms with Gasteiger partial charge in [-0.15, -0.1) is 0 Å². The molecule has 0 fully saturated rings. The fourth-order valence-electron chi connectivity index (χ4n) is 1.83. The molecule has 0 atom stereocenters. The molecule has 0 radical (unpaired) electrons. The summed E-state index contributed by atoms with van der Waals surface area (Å²) in [6, 6.07) is 9.79. The van der Waals surface area contributed by atoms with Crippen molar-refractivity contribution in [3.8, 4) is 5.75 Å². The molecular formula is C15H17FN2O2. The number of hydrogen-bond donors (Lipinski definition) is 0. The largest absolute Gasteiger partial charge is 0.489 e. The number of rotatable bonds is 5. The smallest absolute Gasteiger partial charge is 0.270 e. The van der Waals surface area contributed by atoms with Crippen LogP contribution in [0.4, 0.5) is 4.39 Å². The monoisotopic (exact) mass is 276 g/mol. The van der Waals surface area contributed by atoms with Crippen LogP contribution < -0.4 is 4.74 Å². The lowest BCUT2D eigenvalue weighted by Gasteiger charge is -2.18. The number of nitrogens with zero attached hydrogens (tertiary/aromatic N) is 2. The van der Waals surface area contributed by atoms with Crippen molar-refractivity contribution >= 4 is 5.91 Å². The number of halogens is 1. The molecule has 2 rings (SSSR count). The molecule has 0 aliphatic rings. The molecule has 0 saturated heterocycles.